The molecule has 1 rings (SSSR count). The molecular formula is C9H14BrNS. The molecule has 0 bridgehead atoms. The molecule has 0 radical (unpaired) electrons. The van der Waals surface area contributed by atoms with Gasteiger partial charge in [0.05, 0.1) is 0 Å². The Morgan fingerprint density at radius 1 is 1.50 bits per heavy atom. The summed E-state index contributed by atoms with van der Waals surface area (Å²) in [5.41, 5.74) is 0. The van der Waals surface area contributed by atoms with E-state index in [1.807, 2.05) is 11.3 Å². The third-order valence-electron chi connectivity index (χ3n) is 1.79. The summed E-state index contributed by atoms with van der Waals surface area (Å²) in [7, 11) is 2.16. The molecule has 0 atom stereocenters. The van der Waals surface area contributed by atoms with Gasteiger partial charge in [-0.2, -0.15) is 0 Å². The Hall–Kier alpha value is 0.140. The molecule has 0 aromatic carbocycles. The van der Waals surface area contributed by atoms with Crippen molar-refractivity contribution < 1.29 is 0 Å². The van der Waals surface area contributed by atoms with E-state index < -0.39 is 0 Å². The third kappa shape index (κ3) is 3.70. The lowest BCUT2D eigenvalue weighted by atomic mass is 10.3. The number of likely N-dealkylation sites (N-methyl/N-ethyl adjacent to an activating group) is 1. The Labute approximate surface area is 86.5 Å². The maximum atomic E-state index is 3.43. The molecule has 0 unspecified atom stereocenters. The number of alkyl halides is 1. The van der Waals surface area contributed by atoms with Gasteiger partial charge in [-0.25, -0.2) is 0 Å². The molecule has 68 valence electrons. The van der Waals surface area contributed by atoms with E-state index in [-0.39, 0.29) is 0 Å². The zero-order valence-corrected chi connectivity index (χ0v) is 9.70. The number of rotatable bonds is 5. The first-order chi connectivity index (χ1) is 5.83. The molecular weight excluding hydrogens is 234 g/mol. The first-order valence-corrected chi connectivity index (χ1v) is 6.10. The Bertz CT molecular complexity index is 198. The van der Waals surface area contributed by atoms with Crippen LogP contribution in [0, 0.1) is 0 Å². The van der Waals surface area contributed by atoms with Gasteiger partial charge in [0.2, 0.25) is 0 Å². The standard InChI is InChI=1S/C9H14BrNS/c1-11(7-5-10)6-4-9-3-2-8-12-9/h2-3,8H,4-7H2,1H3. The van der Waals surface area contributed by atoms with Crippen molar-refractivity contribution in [3.05, 3.63) is 22.4 Å². The van der Waals surface area contributed by atoms with Crippen LogP contribution in [0.25, 0.3) is 0 Å². The van der Waals surface area contributed by atoms with E-state index in [2.05, 4.69) is 45.4 Å². The van der Waals surface area contributed by atoms with Crippen molar-refractivity contribution in [2.75, 3.05) is 25.5 Å². The molecule has 1 nitrogen and oxygen atoms in total. The average Bonchev–Trinajstić information content (AvgIpc) is 2.53. The minimum atomic E-state index is 1.06. The highest BCUT2D eigenvalue weighted by Gasteiger charge is 1.98. The highest BCUT2D eigenvalue weighted by molar-refractivity contribution is 9.09. The van der Waals surface area contributed by atoms with E-state index in [1.165, 1.54) is 11.3 Å². The second-order valence-electron chi connectivity index (χ2n) is 2.82. The van der Waals surface area contributed by atoms with Crippen LogP contribution in [0.4, 0.5) is 0 Å². The van der Waals surface area contributed by atoms with Gasteiger partial charge in [0.25, 0.3) is 0 Å². The van der Waals surface area contributed by atoms with E-state index in [0.717, 1.165) is 18.4 Å². The molecule has 0 aliphatic carbocycles. The van der Waals surface area contributed by atoms with Crippen molar-refractivity contribution in [3.63, 3.8) is 0 Å². The van der Waals surface area contributed by atoms with Gasteiger partial charge in [-0.3, -0.25) is 0 Å². The second-order valence-corrected chi connectivity index (χ2v) is 4.65. The van der Waals surface area contributed by atoms with Crippen molar-refractivity contribution >= 4 is 27.3 Å². The van der Waals surface area contributed by atoms with Gasteiger partial charge in [0.1, 0.15) is 0 Å². The molecule has 1 heterocycles. The first kappa shape index (κ1) is 10.2. The van der Waals surface area contributed by atoms with Crippen LogP contribution in [-0.2, 0) is 6.42 Å². The van der Waals surface area contributed by atoms with Crippen molar-refractivity contribution in [1.29, 1.82) is 0 Å². The number of halogens is 1. The summed E-state index contributed by atoms with van der Waals surface area (Å²) in [4.78, 5) is 3.82. The Kier molecular flexibility index (Phi) is 4.88. The van der Waals surface area contributed by atoms with E-state index in [9.17, 15) is 0 Å². The van der Waals surface area contributed by atoms with Gasteiger partial charge >= 0.3 is 0 Å². The fraction of sp³-hybridized carbons (Fsp3) is 0.556. The van der Waals surface area contributed by atoms with Crippen LogP contribution in [0.5, 0.6) is 0 Å². The predicted molar refractivity (Wildman–Crippen MR) is 59.3 cm³/mol. The number of hydrogen-bond donors (Lipinski definition) is 0. The molecule has 0 saturated carbocycles. The van der Waals surface area contributed by atoms with Crippen LogP contribution >= 0.6 is 27.3 Å². The summed E-state index contributed by atoms with van der Waals surface area (Å²) in [6.45, 7) is 2.29. The normalized spacial score (nSPS) is 10.9. The lowest BCUT2D eigenvalue weighted by Crippen LogP contribution is -2.22. The van der Waals surface area contributed by atoms with Gasteiger partial charge in [-0.1, -0.05) is 22.0 Å². The third-order valence-corrected chi connectivity index (χ3v) is 3.08. The SMILES string of the molecule is CN(CCBr)CCc1cccs1. The fourth-order valence-electron chi connectivity index (χ4n) is 1.01. The smallest absolute Gasteiger partial charge is 0.0159 e. The zero-order valence-electron chi connectivity index (χ0n) is 7.29. The summed E-state index contributed by atoms with van der Waals surface area (Å²) >= 11 is 5.27. The van der Waals surface area contributed by atoms with Gasteiger partial charge in [0.15, 0.2) is 0 Å². The van der Waals surface area contributed by atoms with Crippen molar-refractivity contribution in [1.82, 2.24) is 4.90 Å². The van der Waals surface area contributed by atoms with Crippen molar-refractivity contribution in [3.8, 4) is 0 Å². The molecule has 0 aliphatic rings. The van der Waals surface area contributed by atoms with E-state index >= 15 is 0 Å². The molecule has 0 saturated heterocycles. The van der Waals surface area contributed by atoms with Crippen LogP contribution in [-0.4, -0.2) is 30.4 Å². The lowest BCUT2D eigenvalue weighted by Gasteiger charge is -2.13. The van der Waals surface area contributed by atoms with Crippen LogP contribution in [0.2, 0.25) is 0 Å². The van der Waals surface area contributed by atoms with Crippen LogP contribution in [0.3, 0.4) is 0 Å². The number of thiophene rings is 1. The monoisotopic (exact) mass is 247 g/mol. The lowest BCUT2D eigenvalue weighted by molar-refractivity contribution is 0.362. The topological polar surface area (TPSA) is 3.24 Å². The van der Waals surface area contributed by atoms with Gasteiger partial charge < -0.3 is 4.90 Å². The molecule has 1 aromatic heterocycles. The van der Waals surface area contributed by atoms with Crippen LogP contribution in [0.15, 0.2) is 17.5 Å². The molecule has 12 heavy (non-hydrogen) atoms. The molecule has 0 N–H and O–H groups in total. The van der Waals surface area contributed by atoms with Gasteiger partial charge in [-0.15, -0.1) is 11.3 Å². The van der Waals surface area contributed by atoms with Gasteiger partial charge in [0, 0.05) is 23.3 Å². The number of hydrogen-bond acceptors (Lipinski definition) is 2. The molecule has 3 heteroatoms. The summed E-state index contributed by atoms with van der Waals surface area (Å²) in [5.74, 6) is 0. The first-order valence-electron chi connectivity index (χ1n) is 4.10. The van der Waals surface area contributed by atoms with Crippen LogP contribution < -0.4 is 0 Å². The summed E-state index contributed by atoms with van der Waals surface area (Å²) < 4.78 is 0. The maximum Gasteiger partial charge on any atom is 0.0159 e. The fourth-order valence-corrected chi connectivity index (χ4v) is 2.32. The largest absolute Gasteiger partial charge is 0.305 e. The van der Waals surface area contributed by atoms with Crippen molar-refractivity contribution in [2.24, 2.45) is 0 Å². The zero-order chi connectivity index (χ0) is 8.81. The van der Waals surface area contributed by atoms with Crippen LogP contribution in [0.1, 0.15) is 4.88 Å². The molecule has 0 amide bonds. The Balaban J connectivity index is 2.17. The highest BCUT2D eigenvalue weighted by atomic mass is 79.9. The van der Waals surface area contributed by atoms with E-state index in [4.69, 9.17) is 0 Å². The summed E-state index contributed by atoms with van der Waals surface area (Å²) in [6, 6.07) is 4.32. The molecule has 0 aliphatic heterocycles. The Morgan fingerprint density at radius 2 is 2.33 bits per heavy atom. The quantitative estimate of drug-likeness (QED) is 0.724. The molecule has 0 fully saturated rings. The minimum Gasteiger partial charge on any atom is -0.305 e. The average molecular weight is 248 g/mol. The maximum absolute atomic E-state index is 3.43. The summed E-state index contributed by atoms with van der Waals surface area (Å²) in [6.07, 6.45) is 1.18. The Morgan fingerprint density at radius 3 is 2.92 bits per heavy atom. The predicted octanol–water partition coefficient (Wildman–Crippen LogP) is 2.62. The number of nitrogens with zero attached hydrogens (tertiary/aromatic N) is 1. The van der Waals surface area contributed by atoms with E-state index in [0.29, 0.717) is 0 Å². The molecule has 0 spiro atoms. The second kappa shape index (κ2) is 5.73. The highest BCUT2D eigenvalue weighted by Crippen LogP contribution is 2.09. The summed E-state index contributed by atoms with van der Waals surface area (Å²) in [5, 5.41) is 3.20. The van der Waals surface area contributed by atoms with Gasteiger partial charge in [-0.05, 0) is 24.9 Å². The van der Waals surface area contributed by atoms with E-state index in [1.54, 1.807) is 0 Å². The van der Waals surface area contributed by atoms with Crippen molar-refractivity contribution in [2.45, 2.75) is 6.42 Å². The molecule has 1 aromatic rings. The minimum absolute atomic E-state index is 1.06.